The van der Waals surface area contributed by atoms with E-state index in [0.717, 1.165) is 0 Å². The van der Waals surface area contributed by atoms with E-state index in [4.69, 9.17) is 16.7 Å². The molecular formula is C9H5BrClFO. The first-order valence-electron chi connectivity index (χ1n) is 3.39. The number of hydrogen-bond acceptors (Lipinski definition) is 1. The lowest BCUT2D eigenvalue weighted by Crippen LogP contribution is -1.86. The van der Waals surface area contributed by atoms with Crippen LogP contribution in [0.5, 0.6) is 0 Å². The fourth-order valence-electron chi connectivity index (χ4n) is 0.790. The second kappa shape index (κ2) is 4.61. The van der Waals surface area contributed by atoms with E-state index in [2.05, 4.69) is 27.8 Å². The molecule has 0 amide bonds. The fraction of sp³-hybridized carbons (Fsp3) is 0.111. The van der Waals surface area contributed by atoms with Crippen LogP contribution in [0.3, 0.4) is 0 Å². The van der Waals surface area contributed by atoms with E-state index in [1.165, 1.54) is 6.07 Å². The summed E-state index contributed by atoms with van der Waals surface area (Å²) in [5.41, 5.74) is 0.207. The topological polar surface area (TPSA) is 20.2 Å². The van der Waals surface area contributed by atoms with Crippen LogP contribution in [0.25, 0.3) is 0 Å². The van der Waals surface area contributed by atoms with Gasteiger partial charge in [-0.3, -0.25) is 0 Å². The van der Waals surface area contributed by atoms with Crippen molar-refractivity contribution in [1.29, 1.82) is 0 Å². The molecular weight excluding hydrogens is 258 g/mol. The Morgan fingerprint density at radius 2 is 2.23 bits per heavy atom. The Morgan fingerprint density at radius 3 is 2.77 bits per heavy atom. The van der Waals surface area contributed by atoms with Crippen LogP contribution in [-0.4, -0.2) is 11.7 Å². The zero-order valence-electron chi connectivity index (χ0n) is 6.44. The molecule has 13 heavy (non-hydrogen) atoms. The molecule has 0 unspecified atom stereocenters. The highest BCUT2D eigenvalue weighted by Gasteiger charge is 2.05. The van der Waals surface area contributed by atoms with Gasteiger partial charge in [0.25, 0.3) is 0 Å². The van der Waals surface area contributed by atoms with Gasteiger partial charge in [-0.25, -0.2) is 4.39 Å². The number of aliphatic hydroxyl groups excluding tert-OH is 1. The summed E-state index contributed by atoms with van der Waals surface area (Å²) in [4.78, 5) is 0. The summed E-state index contributed by atoms with van der Waals surface area (Å²) in [5.74, 6) is 4.34. The molecule has 1 aromatic carbocycles. The van der Waals surface area contributed by atoms with Gasteiger partial charge in [-0.15, -0.1) is 0 Å². The molecule has 0 spiro atoms. The van der Waals surface area contributed by atoms with Crippen molar-refractivity contribution in [3.8, 4) is 11.8 Å². The maximum atomic E-state index is 13.1. The standard InChI is InChI=1S/C9H5BrClFO/c10-8-4-6(11)5-9(12)7(8)2-1-3-13/h4-5,13H,3H2. The van der Waals surface area contributed by atoms with E-state index >= 15 is 0 Å². The van der Waals surface area contributed by atoms with Crippen LogP contribution in [0, 0.1) is 17.7 Å². The lowest BCUT2D eigenvalue weighted by atomic mass is 10.2. The molecule has 0 aromatic heterocycles. The molecule has 0 aliphatic heterocycles. The molecule has 0 aliphatic rings. The highest BCUT2D eigenvalue weighted by Crippen LogP contribution is 2.23. The summed E-state index contributed by atoms with van der Waals surface area (Å²) in [6.07, 6.45) is 0. The average molecular weight is 263 g/mol. The first kappa shape index (κ1) is 10.5. The second-order valence-corrected chi connectivity index (χ2v) is 3.50. The molecule has 0 bridgehead atoms. The van der Waals surface area contributed by atoms with Crippen molar-refractivity contribution in [2.24, 2.45) is 0 Å². The number of benzene rings is 1. The predicted molar refractivity (Wildman–Crippen MR) is 53.1 cm³/mol. The summed E-state index contributed by atoms with van der Waals surface area (Å²) in [6.45, 7) is -0.297. The van der Waals surface area contributed by atoms with Crippen LogP contribution >= 0.6 is 27.5 Å². The van der Waals surface area contributed by atoms with Gasteiger partial charge in [0.15, 0.2) is 0 Å². The van der Waals surface area contributed by atoms with E-state index < -0.39 is 5.82 Å². The van der Waals surface area contributed by atoms with Gasteiger partial charge in [-0.2, -0.15) is 0 Å². The molecule has 1 aromatic rings. The van der Waals surface area contributed by atoms with Gasteiger partial charge >= 0.3 is 0 Å². The number of aliphatic hydroxyl groups is 1. The minimum Gasteiger partial charge on any atom is -0.384 e. The molecule has 0 radical (unpaired) electrons. The van der Waals surface area contributed by atoms with Gasteiger partial charge in [-0.1, -0.05) is 23.4 Å². The Morgan fingerprint density at radius 1 is 1.54 bits per heavy atom. The zero-order valence-corrected chi connectivity index (χ0v) is 8.78. The van der Waals surface area contributed by atoms with Gasteiger partial charge < -0.3 is 5.11 Å². The van der Waals surface area contributed by atoms with Gasteiger partial charge in [-0.05, 0) is 28.1 Å². The Bertz CT molecular complexity index is 358. The molecule has 68 valence electrons. The zero-order chi connectivity index (χ0) is 9.84. The average Bonchev–Trinajstić information content (AvgIpc) is 2.02. The van der Waals surface area contributed by atoms with Gasteiger partial charge in [0, 0.05) is 9.50 Å². The van der Waals surface area contributed by atoms with Crippen molar-refractivity contribution in [1.82, 2.24) is 0 Å². The number of halogens is 3. The fourth-order valence-corrected chi connectivity index (χ4v) is 1.66. The molecule has 0 fully saturated rings. The van der Waals surface area contributed by atoms with Crippen molar-refractivity contribution in [3.63, 3.8) is 0 Å². The molecule has 1 N–H and O–H groups in total. The lowest BCUT2D eigenvalue weighted by Gasteiger charge is -1.98. The Kier molecular flexibility index (Phi) is 3.73. The van der Waals surface area contributed by atoms with E-state index in [1.807, 2.05) is 0 Å². The summed E-state index contributed by atoms with van der Waals surface area (Å²) in [6, 6.07) is 2.72. The van der Waals surface area contributed by atoms with E-state index in [9.17, 15) is 4.39 Å². The van der Waals surface area contributed by atoms with Crippen molar-refractivity contribution >= 4 is 27.5 Å². The maximum Gasteiger partial charge on any atom is 0.141 e. The van der Waals surface area contributed by atoms with Crippen molar-refractivity contribution in [3.05, 3.63) is 33.0 Å². The van der Waals surface area contributed by atoms with Crippen LogP contribution in [0.1, 0.15) is 5.56 Å². The Labute approximate surface area is 88.7 Å². The molecule has 0 heterocycles. The molecule has 0 saturated carbocycles. The first-order valence-corrected chi connectivity index (χ1v) is 4.56. The van der Waals surface area contributed by atoms with Crippen LogP contribution in [0.4, 0.5) is 4.39 Å². The van der Waals surface area contributed by atoms with Crippen molar-refractivity contribution in [2.75, 3.05) is 6.61 Å². The second-order valence-electron chi connectivity index (χ2n) is 2.20. The number of hydrogen-bond donors (Lipinski definition) is 1. The quantitative estimate of drug-likeness (QED) is 0.713. The van der Waals surface area contributed by atoms with Crippen LogP contribution in [0.15, 0.2) is 16.6 Å². The van der Waals surface area contributed by atoms with E-state index in [1.54, 1.807) is 6.07 Å². The summed E-state index contributed by atoms with van der Waals surface area (Å²) in [5, 5.41) is 8.73. The molecule has 0 saturated heterocycles. The largest absolute Gasteiger partial charge is 0.384 e. The molecule has 1 nitrogen and oxygen atoms in total. The summed E-state index contributed by atoms with van der Waals surface area (Å²) < 4.78 is 13.6. The molecule has 0 atom stereocenters. The predicted octanol–water partition coefficient (Wildman–Crippen LogP) is 2.59. The van der Waals surface area contributed by atoms with Gasteiger partial charge in [0.05, 0.1) is 5.56 Å². The van der Waals surface area contributed by atoms with Crippen molar-refractivity contribution < 1.29 is 9.50 Å². The highest BCUT2D eigenvalue weighted by atomic mass is 79.9. The van der Waals surface area contributed by atoms with Gasteiger partial charge in [0.1, 0.15) is 12.4 Å². The SMILES string of the molecule is OCC#Cc1c(F)cc(Cl)cc1Br. The number of rotatable bonds is 0. The van der Waals surface area contributed by atoms with Crippen LogP contribution in [-0.2, 0) is 0 Å². The smallest absolute Gasteiger partial charge is 0.141 e. The molecule has 4 heteroatoms. The third kappa shape index (κ3) is 2.70. The van der Waals surface area contributed by atoms with Crippen molar-refractivity contribution in [2.45, 2.75) is 0 Å². The third-order valence-electron chi connectivity index (χ3n) is 1.30. The van der Waals surface area contributed by atoms with Gasteiger partial charge in [0.2, 0.25) is 0 Å². The Balaban J connectivity index is 3.21. The van der Waals surface area contributed by atoms with Crippen LogP contribution in [0.2, 0.25) is 5.02 Å². The Hall–Kier alpha value is -0.560. The minimum atomic E-state index is -0.500. The maximum absolute atomic E-state index is 13.1. The van der Waals surface area contributed by atoms with Crippen LogP contribution < -0.4 is 0 Å². The first-order chi connectivity index (χ1) is 6.15. The normalized spacial score (nSPS) is 9.23. The monoisotopic (exact) mass is 262 g/mol. The summed E-state index contributed by atoms with van der Waals surface area (Å²) in [7, 11) is 0. The molecule has 1 rings (SSSR count). The summed E-state index contributed by atoms with van der Waals surface area (Å²) >= 11 is 8.71. The highest BCUT2D eigenvalue weighted by molar-refractivity contribution is 9.10. The van der Waals surface area contributed by atoms with E-state index in [-0.39, 0.29) is 12.2 Å². The lowest BCUT2D eigenvalue weighted by molar-refractivity contribution is 0.350. The van der Waals surface area contributed by atoms with E-state index in [0.29, 0.717) is 9.50 Å². The third-order valence-corrected chi connectivity index (χ3v) is 2.14. The minimum absolute atomic E-state index is 0.207. The molecule has 0 aliphatic carbocycles.